The summed E-state index contributed by atoms with van der Waals surface area (Å²) in [5.41, 5.74) is 0. The first kappa shape index (κ1) is 12.1. The van der Waals surface area contributed by atoms with Crippen LogP contribution in [0.4, 0.5) is 22.0 Å². The summed E-state index contributed by atoms with van der Waals surface area (Å²) in [6, 6.07) is 0. The topological polar surface area (TPSA) is 26.3 Å². The maximum absolute atomic E-state index is 11.8. The predicted octanol–water partition coefficient (Wildman–Crippen LogP) is 2.14. The summed E-state index contributed by atoms with van der Waals surface area (Å²) in [6.07, 6.45) is -10.7. The van der Waals surface area contributed by atoms with Gasteiger partial charge in [0.05, 0.1) is 0 Å². The molecule has 0 aromatic carbocycles. The molecule has 0 aliphatic heterocycles. The smallest absolute Gasteiger partial charge is 0.450 e. The number of esters is 1. The number of hydrogen-bond donors (Lipinski definition) is 0. The average molecular weight is 206 g/mol. The molecule has 0 spiro atoms. The zero-order chi connectivity index (χ0) is 10.6. The number of alkyl halides is 5. The van der Waals surface area contributed by atoms with Gasteiger partial charge in [-0.15, -0.1) is 0 Å². The van der Waals surface area contributed by atoms with Crippen LogP contribution in [-0.4, -0.2) is 24.7 Å². The van der Waals surface area contributed by atoms with Crippen molar-refractivity contribution in [3.05, 3.63) is 0 Å². The molecule has 0 aliphatic carbocycles. The van der Waals surface area contributed by atoms with Crippen molar-refractivity contribution in [1.29, 1.82) is 0 Å². The van der Waals surface area contributed by atoms with Crippen LogP contribution < -0.4 is 0 Å². The molecule has 78 valence electrons. The van der Waals surface area contributed by atoms with Gasteiger partial charge in [-0.25, -0.2) is 13.6 Å². The summed E-state index contributed by atoms with van der Waals surface area (Å²) in [5.74, 6) is -2.58. The van der Waals surface area contributed by atoms with Crippen molar-refractivity contribution >= 4 is 5.97 Å². The summed E-state index contributed by atoms with van der Waals surface area (Å²) < 4.78 is 61.6. The molecule has 0 radical (unpaired) electrons. The van der Waals surface area contributed by atoms with Gasteiger partial charge in [0, 0.05) is 0 Å². The molecule has 1 unspecified atom stereocenters. The monoisotopic (exact) mass is 206 g/mol. The van der Waals surface area contributed by atoms with Gasteiger partial charge in [0.15, 0.2) is 6.10 Å². The van der Waals surface area contributed by atoms with E-state index in [1.54, 1.807) is 0 Å². The standard InChI is InChI=1S/C6H7F5O2/c1-2-3(4(7)8)13-5(12)6(9,10)11/h3-4H,2H2,1H3. The summed E-state index contributed by atoms with van der Waals surface area (Å²) >= 11 is 0. The van der Waals surface area contributed by atoms with E-state index in [0.29, 0.717) is 0 Å². The van der Waals surface area contributed by atoms with Gasteiger partial charge in [-0.05, 0) is 6.42 Å². The molecule has 0 aliphatic rings. The van der Waals surface area contributed by atoms with Crippen LogP contribution in [0.2, 0.25) is 0 Å². The quantitative estimate of drug-likeness (QED) is 0.522. The Bertz CT molecular complexity index is 176. The molecule has 7 heteroatoms. The third kappa shape index (κ3) is 4.05. The molecule has 0 saturated heterocycles. The zero-order valence-electron chi connectivity index (χ0n) is 6.57. The molecule has 0 fully saturated rings. The minimum absolute atomic E-state index is 0.362. The minimum Gasteiger partial charge on any atom is -0.450 e. The van der Waals surface area contributed by atoms with Gasteiger partial charge < -0.3 is 4.74 Å². The Labute approximate surface area is 70.7 Å². The largest absolute Gasteiger partial charge is 0.490 e. The molecule has 13 heavy (non-hydrogen) atoms. The molecular weight excluding hydrogens is 199 g/mol. The van der Waals surface area contributed by atoms with Gasteiger partial charge in [-0.1, -0.05) is 6.92 Å². The van der Waals surface area contributed by atoms with E-state index in [-0.39, 0.29) is 6.42 Å². The second-order valence-corrected chi connectivity index (χ2v) is 2.18. The van der Waals surface area contributed by atoms with Gasteiger partial charge in [-0.2, -0.15) is 13.2 Å². The molecular formula is C6H7F5O2. The van der Waals surface area contributed by atoms with Gasteiger partial charge >= 0.3 is 12.1 Å². The van der Waals surface area contributed by atoms with E-state index in [1.807, 2.05) is 0 Å². The zero-order valence-corrected chi connectivity index (χ0v) is 6.57. The van der Waals surface area contributed by atoms with Crippen molar-refractivity contribution < 1.29 is 31.5 Å². The molecule has 0 rings (SSSR count). The summed E-state index contributed by atoms with van der Waals surface area (Å²) in [6.45, 7) is 1.19. The van der Waals surface area contributed by atoms with E-state index in [1.165, 1.54) is 6.92 Å². The Morgan fingerprint density at radius 3 is 2.08 bits per heavy atom. The van der Waals surface area contributed by atoms with Crippen LogP contribution in [-0.2, 0) is 9.53 Å². The number of carbonyl (C=O) groups excluding carboxylic acids is 1. The normalized spacial score (nSPS) is 14.4. The fourth-order valence-electron chi connectivity index (χ4n) is 0.517. The maximum Gasteiger partial charge on any atom is 0.490 e. The van der Waals surface area contributed by atoms with Crippen LogP contribution in [0.15, 0.2) is 0 Å². The Balaban J connectivity index is 4.18. The van der Waals surface area contributed by atoms with Crippen molar-refractivity contribution in [3.63, 3.8) is 0 Å². The highest BCUT2D eigenvalue weighted by atomic mass is 19.4. The second-order valence-electron chi connectivity index (χ2n) is 2.18. The number of ether oxygens (including phenoxy) is 1. The molecule has 0 heterocycles. The van der Waals surface area contributed by atoms with Crippen LogP contribution in [0.1, 0.15) is 13.3 Å². The first-order chi connectivity index (χ1) is 5.79. The lowest BCUT2D eigenvalue weighted by Crippen LogP contribution is -2.33. The van der Waals surface area contributed by atoms with Gasteiger partial charge in [-0.3, -0.25) is 0 Å². The Morgan fingerprint density at radius 1 is 1.38 bits per heavy atom. The summed E-state index contributed by atoms with van der Waals surface area (Å²) in [4.78, 5) is 10.1. The molecule has 0 aromatic heterocycles. The lowest BCUT2D eigenvalue weighted by Gasteiger charge is -2.15. The van der Waals surface area contributed by atoms with Crippen molar-refractivity contribution in [3.8, 4) is 0 Å². The fourth-order valence-corrected chi connectivity index (χ4v) is 0.517. The lowest BCUT2D eigenvalue weighted by molar-refractivity contribution is -0.210. The van der Waals surface area contributed by atoms with E-state index in [4.69, 9.17) is 0 Å². The molecule has 0 saturated carbocycles. The van der Waals surface area contributed by atoms with Crippen molar-refractivity contribution in [2.45, 2.75) is 32.1 Å². The fraction of sp³-hybridized carbons (Fsp3) is 0.833. The number of halogens is 5. The third-order valence-corrected chi connectivity index (χ3v) is 1.17. The highest BCUT2D eigenvalue weighted by Crippen LogP contribution is 2.20. The SMILES string of the molecule is CCC(OC(=O)C(F)(F)F)C(F)F. The molecule has 0 bridgehead atoms. The second kappa shape index (κ2) is 4.38. The molecule has 0 amide bonds. The highest BCUT2D eigenvalue weighted by molar-refractivity contribution is 5.75. The van der Waals surface area contributed by atoms with E-state index < -0.39 is 24.7 Å². The first-order valence-corrected chi connectivity index (χ1v) is 3.35. The number of hydrogen-bond acceptors (Lipinski definition) is 2. The van der Waals surface area contributed by atoms with Crippen LogP contribution in [0.5, 0.6) is 0 Å². The molecule has 0 N–H and O–H groups in total. The Kier molecular flexibility index (Phi) is 4.09. The van der Waals surface area contributed by atoms with E-state index in [0.717, 1.165) is 0 Å². The average Bonchev–Trinajstić information content (AvgIpc) is 1.96. The lowest BCUT2D eigenvalue weighted by atomic mass is 10.3. The van der Waals surface area contributed by atoms with Crippen molar-refractivity contribution in [2.24, 2.45) is 0 Å². The van der Waals surface area contributed by atoms with Crippen LogP contribution in [0.3, 0.4) is 0 Å². The van der Waals surface area contributed by atoms with Gasteiger partial charge in [0.1, 0.15) is 0 Å². The number of carbonyl (C=O) groups is 1. The Hall–Kier alpha value is -0.880. The van der Waals surface area contributed by atoms with Crippen molar-refractivity contribution in [2.75, 3.05) is 0 Å². The van der Waals surface area contributed by atoms with Gasteiger partial charge in [0.25, 0.3) is 6.43 Å². The van der Waals surface area contributed by atoms with Gasteiger partial charge in [0.2, 0.25) is 0 Å². The van der Waals surface area contributed by atoms with Crippen LogP contribution >= 0.6 is 0 Å². The van der Waals surface area contributed by atoms with E-state index in [2.05, 4.69) is 4.74 Å². The van der Waals surface area contributed by atoms with Crippen molar-refractivity contribution in [1.82, 2.24) is 0 Å². The van der Waals surface area contributed by atoms with Crippen LogP contribution in [0, 0.1) is 0 Å². The highest BCUT2D eigenvalue weighted by Gasteiger charge is 2.43. The van der Waals surface area contributed by atoms with E-state index in [9.17, 15) is 26.7 Å². The molecule has 0 aromatic rings. The molecule has 1 atom stereocenters. The van der Waals surface area contributed by atoms with E-state index >= 15 is 0 Å². The van der Waals surface area contributed by atoms with Crippen LogP contribution in [0.25, 0.3) is 0 Å². The number of rotatable bonds is 3. The predicted molar refractivity (Wildman–Crippen MR) is 32.2 cm³/mol. The third-order valence-electron chi connectivity index (χ3n) is 1.17. The summed E-state index contributed by atoms with van der Waals surface area (Å²) in [7, 11) is 0. The first-order valence-electron chi connectivity index (χ1n) is 3.35. The summed E-state index contributed by atoms with van der Waals surface area (Å²) in [5, 5.41) is 0. The minimum atomic E-state index is -5.22. The Morgan fingerprint density at radius 2 is 1.85 bits per heavy atom. The molecule has 2 nitrogen and oxygen atoms in total. The maximum atomic E-state index is 11.8.